The van der Waals surface area contributed by atoms with E-state index in [1.54, 1.807) is 32.9 Å². The lowest BCUT2D eigenvalue weighted by Crippen LogP contribution is -2.52. The molecule has 0 saturated heterocycles. The van der Waals surface area contributed by atoms with Gasteiger partial charge in [-0.2, -0.15) is 12.7 Å². The summed E-state index contributed by atoms with van der Waals surface area (Å²) in [5, 5.41) is 2.69. The third-order valence-corrected chi connectivity index (χ3v) is 7.24. The van der Waals surface area contributed by atoms with Crippen molar-refractivity contribution in [1.82, 2.24) is 14.5 Å². The Balaban J connectivity index is 2.49. The Kier molecular flexibility index (Phi) is 9.17. The first-order valence-corrected chi connectivity index (χ1v) is 12.4. The highest BCUT2D eigenvalue weighted by atomic mass is 32.2. The third kappa shape index (κ3) is 6.54. The Hall–Kier alpha value is -2.98. The van der Waals surface area contributed by atoms with Gasteiger partial charge in [0, 0.05) is 27.2 Å². The van der Waals surface area contributed by atoms with E-state index < -0.39 is 34.5 Å². The maximum Gasteiger partial charge on any atom is 0.304 e. The van der Waals surface area contributed by atoms with E-state index in [-0.39, 0.29) is 12.5 Å². The smallest absolute Gasteiger partial charge is 0.304 e. The summed E-state index contributed by atoms with van der Waals surface area (Å²) >= 11 is 0. The Morgan fingerprint density at radius 2 is 1.68 bits per heavy atom. The van der Waals surface area contributed by atoms with Gasteiger partial charge in [0.2, 0.25) is 11.8 Å². The van der Waals surface area contributed by atoms with Crippen molar-refractivity contribution in [3.8, 4) is 0 Å². The zero-order valence-corrected chi connectivity index (χ0v) is 21.3. The molecule has 10 heteroatoms. The standard InChI is InChI=1S/C24H33FN4O4S/c1-7-26-24(31)19(4)28(15-20-10-12-21(25)13-11-20)23(30)16-29(34(32,33)27(5)6)22-14-17(2)8-9-18(22)3/h8-14,19H,7,15-16H2,1-6H3,(H,26,31)/t19-/m1/s1. The summed E-state index contributed by atoms with van der Waals surface area (Å²) in [5.74, 6) is -1.35. The lowest BCUT2D eigenvalue weighted by molar-refractivity contribution is -0.139. The number of hydrogen-bond donors (Lipinski definition) is 1. The van der Waals surface area contributed by atoms with Crippen molar-refractivity contribution in [3.63, 3.8) is 0 Å². The molecule has 1 N–H and O–H groups in total. The maximum absolute atomic E-state index is 13.6. The molecule has 186 valence electrons. The number of hydrogen-bond acceptors (Lipinski definition) is 4. The number of nitrogens with zero attached hydrogens (tertiary/aromatic N) is 3. The van der Waals surface area contributed by atoms with Crippen LogP contribution in [0.5, 0.6) is 0 Å². The van der Waals surface area contributed by atoms with E-state index in [2.05, 4.69) is 5.32 Å². The zero-order chi connectivity index (χ0) is 25.6. The molecule has 0 aliphatic heterocycles. The minimum atomic E-state index is -4.03. The molecule has 2 aromatic rings. The summed E-state index contributed by atoms with van der Waals surface area (Å²) in [6, 6.07) is 10.1. The lowest BCUT2D eigenvalue weighted by Gasteiger charge is -2.33. The predicted octanol–water partition coefficient (Wildman–Crippen LogP) is 2.61. The molecule has 0 saturated carbocycles. The van der Waals surface area contributed by atoms with Crippen LogP contribution in [0.4, 0.5) is 10.1 Å². The SMILES string of the molecule is CCNC(=O)[C@@H](C)N(Cc1ccc(F)cc1)C(=O)CN(c1cc(C)ccc1C)S(=O)(=O)N(C)C. The Labute approximate surface area is 201 Å². The summed E-state index contributed by atoms with van der Waals surface area (Å²) in [7, 11) is -1.24. The first kappa shape index (κ1) is 27.3. The summed E-state index contributed by atoms with van der Waals surface area (Å²) in [6.07, 6.45) is 0. The Morgan fingerprint density at radius 3 is 2.24 bits per heavy atom. The summed E-state index contributed by atoms with van der Waals surface area (Å²) in [6.45, 7) is 6.84. The first-order chi connectivity index (χ1) is 15.9. The fraction of sp³-hybridized carbons (Fsp3) is 0.417. The lowest BCUT2D eigenvalue weighted by atomic mass is 10.1. The van der Waals surface area contributed by atoms with Crippen LogP contribution in [0.3, 0.4) is 0 Å². The number of amides is 2. The second kappa shape index (κ2) is 11.4. The molecule has 2 amide bonds. The molecule has 0 fully saturated rings. The van der Waals surface area contributed by atoms with Crippen LogP contribution in [0, 0.1) is 19.7 Å². The van der Waals surface area contributed by atoms with E-state index in [4.69, 9.17) is 0 Å². The van der Waals surface area contributed by atoms with E-state index in [0.29, 0.717) is 23.4 Å². The second-order valence-electron chi connectivity index (χ2n) is 8.31. The number of carbonyl (C=O) groups is 2. The first-order valence-electron chi connectivity index (χ1n) is 11.0. The van der Waals surface area contributed by atoms with E-state index in [1.165, 1.54) is 43.3 Å². The van der Waals surface area contributed by atoms with Gasteiger partial charge in [-0.1, -0.05) is 24.3 Å². The number of nitrogens with one attached hydrogen (secondary N) is 1. The van der Waals surface area contributed by atoms with Gasteiger partial charge in [-0.05, 0) is 62.6 Å². The molecule has 0 radical (unpaired) electrons. The molecule has 1 atom stereocenters. The van der Waals surface area contributed by atoms with Crippen LogP contribution in [-0.2, 0) is 26.3 Å². The monoisotopic (exact) mass is 492 g/mol. The van der Waals surface area contributed by atoms with Gasteiger partial charge in [0.05, 0.1) is 5.69 Å². The van der Waals surface area contributed by atoms with Gasteiger partial charge in [0.1, 0.15) is 18.4 Å². The van der Waals surface area contributed by atoms with Crippen molar-refractivity contribution in [2.45, 2.75) is 40.3 Å². The molecule has 2 rings (SSSR count). The number of benzene rings is 2. The Morgan fingerprint density at radius 1 is 1.06 bits per heavy atom. The fourth-order valence-electron chi connectivity index (χ4n) is 3.38. The normalized spacial score (nSPS) is 12.4. The van der Waals surface area contributed by atoms with E-state index in [9.17, 15) is 22.4 Å². The van der Waals surface area contributed by atoms with Crippen molar-refractivity contribution in [2.75, 3.05) is 31.5 Å². The summed E-state index contributed by atoms with van der Waals surface area (Å²) < 4.78 is 41.9. The molecule has 34 heavy (non-hydrogen) atoms. The topological polar surface area (TPSA) is 90.0 Å². The number of halogens is 1. The van der Waals surface area contributed by atoms with Gasteiger partial charge in [-0.25, -0.2) is 8.70 Å². The molecule has 0 spiro atoms. The largest absolute Gasteiger partial charge is 0.355 e. The average Bonchev–Trinajstić information content (AvgIpc) is 2.78. The highest BCUT2D eigenvalue weighted by molar-refractivity contribution is 7.90. The number of likely N-dealkylation sites (N-methyl/N-ethyl adjacent to an activating group) is 1. The van der Waals surface area contributed by atoms with Crippen LogP contribution in [0.25, 0.3) is 0 Å². The second-order valence-corrected chi connectivity index (χ2v) is 10.4. The van der Waals surface area contributed by atoms with Gasteiger partial charge < -0.3 is 10.2 Å². The molecular formula is C24H33FN4O4S. The Bertz CT molecular complexity index is 1120. The molecular weight excluding hydrogens is 459 g/mol. The van der Waals surface area contributed by atoms with Crippen LogP contribution in [0.2, 0.25) is 0 Å². The van der Waals surface area contributed by atoms with Crippen LogP contribution in [0.15, 0.2) is 42.5 Å². The van der Waals surface area contributed by atoms with Crippen LogP contribution in [-0.4, -0.2) is 62.7 Å². The van der Waals surface area contributed by atoms with Crippen molar-refractivity contribution in [2.24, 2.45) is 0 Å². The van der Waals surface area contributed by atoms with Gasteiger partial charge in [-0.3, -0.25) is 9.59 Å². The molecule has 2 aromatic carbocycles. The van der Waals surface area contributed by atoms with Crippen molar-refractivity contribution in [3.05, 3.63) is 65.0 Å². The highest BCUT2D eigenvalue weighted by Gasteiger charge is 2.33. The van der Waals surface area contributed by atoms with Crippen molar-refractivity contribution in [1.29, 1.82) is 0 Å². The molecule has 0 heterocycles. The number of carbonyl (C=O) groups excluding carboxylic acids is 2. The van der Waals surface area contributed by atoms with E-state index >= 15 is 0 Å². The minimum Gasteiger partial charge on any atom is -0.355 e. The molecule has 8 nitrogen and oxygen atoms in total. The van der Waals surface area contributed by atoms with Gasteiger partial charge >= 0.3 is 10.2 Å². The molecule has 0 unspecified atom stereocenters. The minimum absolute atomic E-state index is 0.0140. The molecule has 0 aromatic heterocycles. The fourth-order valence-corrected chi connectivity index (χ4v) is 4.49. The quantitative estimate of drug-likeness (QED) is 0.552. The summed E-state index contributed by atoms with van der Waals surface area (Å²) in [4.78, 5) is 27.5. The van der Waals surface area contributed by atoms with Crippen LogP contribution < -0.4 is 9.62 Å². The average molecular weight is 493 g/mol. The van der Waals surface area contributed by atoms with Crippen molar-refractivity contribution >= 4 is 27.7 Å². The van der Waals surface area contributed by atoms with Crippen molar-refractivity contribution < 1.29 is 22.4 Å². The van der Waals surface area contributed by atoms with Gasteiger partial charge in [0.15, 0.2) is 0 Å². The molecule has 0 aliphatic rings. The summed E-state index contributed by atoms with van der Waals surface area (Å²) in [5.41, 5.74) is 2.52. The molecule has 0 aliphatic carbocycles. The number of anilines is 1. The maximum atomic E-state index is 13.6. The van der Waals surface area contributed by atoms with Crippen LogP contribution in [0.1, 0.15) is 30.5 Å². The zero-order valence-electron chi connectivity index (χ0n) is 20.5. The molecule has 0 bridgehead atoms. The third-order valence-electron chi connectivity index (χ3n) is 5.44. The highest BCUT2D eigenvalue weighted by Crippen LogP contribution is 2.26. The van der Waals surface area contributed by atoms with Gasteiger partial charge in [-0.15, -0.1) is 0 Å². The number of rotatable bonds is 10. The predicted molar refractivity (Wildman–Crippen MR) is 131 cm³/mol. The number of aryl methyl sites for hydroxylation is 2. The van der Waals surface area contributed by atoms with E-state index in [0.717, 1.165) is 14.2 Å². The van der Waals surface area contributed by atoms with Crippen LogP contribution >= 0.6 is 0 Å². The van der Waals surface area contributed by atoms with Gasteiger partial charge in [0.25, 0.3) is 0 Å². The van der Waals surface area contributed by atoms with E-state index in [1.807, 2.05) is 13.0 Å².